The van der Waals surface area contributed by atoms with E-state index in [4.69, 9.17) is 5.11 Å². The highest BCUT2D eigenvalue weighted by molar-refractivity contribution is 5.79. The molecule has 0 fully saturated rings. The molecule has 0 saturated heterocycles. The van der Waals surface area contributed by atoms with Crippen molar-refractivity contribution in [3.63, 3.8) is 0 Å². The number of hydrogen-bond acceptors (Lipinski definition) is 4. The van der Waals surface area contributed by atoms with Crippen molar-refractivity contribution in [2.24, 2.45) is 0 Å². The molecule has 5 nitrogen and oxygen atoms in total. The molecule has 1 atom stereocenters. The second-order valence-electron chi connectivity index (χ2n) is 8.22. The Morgan fingerprint density at radius 2 is 1.97 bits per heavy atom. The van der Waals surface area contributed by atoms with Crippen LogP contribution in [0.2, 0.25) is 0 Å². The van der Waals surface area contributed by atoms with Gasteiger partial charge < -0.3 is 20.8 Å². The summed E-state index contributed by atoms with van der Waals surface area (Å²) in [6, 6.07) is 15.2. The number of rotatable bonds is 5. The Morgan fingerprint density at radius 3 is 2.62 bits per heavy atom. The molecule has 0 radical (unpaired) electrons. The second kappa shape index (κ2) is 10.4. The summed E-state index contributed by atoms with van der Waals surface area (Å²) in [5.74, 6) is -0.0616. The smallest absolute Gasteiger partial charge is 0.224 e. The number of carbonyl (C=O) groups excluding carboxylic acids is 1. The molecular formula is C24H34N2O3. The van der Waals surface area contributed by atoms with Gasteiger partial charge in [0.05, 0.1) is 18.1 Å². The van der Waals surface area contributed by atoms with Crippen molar-refractivity contribution >= 4 is 11.6 Å². The molecule has 3 rings (SSSR count). The van der Waals surface area contributed by atoms with Crippen molar-refractivity contribution in [2.45, 2.75) is 58.6 Å². The van der Waals surface area contributed by atoms with Crippen LogP contribution in [0.15, 0.2) is 42.5 Å². The summed E-state index contributed by atoms with van der Waals surface area (Å²) >= 11 is 0. The number of aliphatic hydroxyl groups excluding tert-OH is 1. The van der Waals surface area contributed by atoms with Crippen molar-refractivity contribution in [1.82, 2.24) is 5.32 Å². The van der Waals surface area contributed by atoms with E-state index in [1.54, 1.807) is 20.8 Å². The van der Waals surface area contributed by atoms with E-state index >= 15 is 0 Å². The first-order chi connectivity index (χ1) is 13.7. The zero-order valence-corrected chi connectivity index (χ0v) is 18.0. The fraction of sp³-hybridized carbons (Fsp3) is 0.458. The first-order valence-electron chi connectivity index (χ1n) is 10.3. The van der Waals surface area contributed by atoms with Crippen LogP contribution in [0, 0.1) is 6.92 Å². The topological polar surface area (TPSA) is 81.6 Å². The van der Waals surface area contributed by atoms with Crippen LogP contribution in [0.1, 0.15) is 55.5 Å². The Hall–Kier alpha value is -2.37. The van der Waals surface area contributed by atoms with Gasteiger partial charge in [-0.25, -0.2) is 0 Å². The Balaban J connectivity index is 0.000000941. The predicted octanol–water partition coefficient (Wildman–Crippen LogP) is 3.52. The molecule has 1 aliphatic rings. The van der Waals surface area contributed by atoms with E-state index in [0.29, 0.717) is 12.5 Å². The van der Waals surface area contributed by atoms with Gasteiger partial charge in [0.15, 0.2) is 0 Å². The van der Waals surface area contributed by atoms with Crippen molar-refractivity contribution < 1.29 is 15.0 Å². The van der Waals surface area contributed by atoms with Crippen LogP contribution in [-0.2, 0) is 17.6 Å². The van der Waals surface area contributed by atoms with Crippen molar-refractivity contribution in [2.75, 3.05) is 18.5 Å². The van der Waals surface area contributed by atoms with Gasteiger partial charge in [-0.05, 0) is 63.3 Å². The largest absolute Gasteiger partial charge is 0.397 e. The summed E-state index contributed by atoms with van der Waals surface area (Å²) in [5, 5.41) is 23.7. The van der Waals surface area contributed by atoms with E-state index in [2.05, 4.69) is 54.0 Å². The maximum Gasteiger partial charge on any atom is 0.224 e. The molecule has 1 aliphatic heterocycles. The summed E-state index contributed by atoms with van der Waals surface area (Å²) in [5.41, 5.74) is 5.14. The maximum atomic E-state index is 12.1. The minimum atomic E-state index is -0.889. The minimum absolute atomic E-state index is 0.0616. The fourth-order valence-electron chi connectivity index (χ4n) is 3.36. The van der Waals surface area contributed by atoms with Gasteiger partial charge >= 0.3 is 0 Å². The standard InChI is InChI=1S/C22H28N2O2.C2H6O/c1-15-5-4-6-17(11-15)20-10-8-18-12-16(7-9-19(18)24-20)13-21(25)23-14-22(2,3)26;1-2-3/h4-7,9,11-12,20,24,26H,8,10,13-14H2,1-3H3,(H,23,25);3H,2H2,1H3/t20-;/m0./s1. The summed E-state index contributed by atoms with van der Waals surface area (Å²) in [6.45, 7) is 7.68. The molecule has 158 valence electrons. The van der Waals surface area contributed by atoms with Crippen molar-refractivity contribution in [1.29, 1.82) is 0 Å². The molecular weight excluding hydrogens is 364 g/mol. The Bertz CT molecular complexity index is 812. The number of amides is 1. The number of anilines is 1. The normalized spacial score (nSPS) is 15.4. The van der Waals surface area contributed by atoms with E-state index < -0.39 is 5.60 Å². The number of aryl methyl sites for hydroxylation is 2. The molecule has 0 bridgehead atoms. The first-order valence-corrected chi connectivity index (χ1v) is 10.3. The molecule has 1 amide bonds. The average molecular weight is 399 g/mol. The third-order valence-electron chi connectivity index (χ3n) is 4.73. The highest BCUT2D eigenvalue weighted by Crippen LogP contribution is 2.33. The molecule has 0 aliphatic carbocycles. The minimum Gasteiger partial charge on any atom is -0.397 e. The number of aliphatic hydroxyl groups is 2. The van der Waals surface area contributed by atoms with Gasteiger partial charge in [0, 0.05) is 18.8 Å². The predicted molar refractivity (Wildman–Crippen MR) is 118 cm³/mol. The van der Waals surface area contributed by atoms with E-state index in [0.717, 1.165) is 24.1 Å². The molecule has 0 unspecified atom stereocenters. The molecule has 0 spiro atoms. The molecule has 0 saturated carbocycles. The lowest BCUT2D eigenvalue weighted by Crippen LogP contribution is -2.38. The Labute approximate surface area is 174 Å². The average Bonchev–Trinajstić information content (AvgIpc) is 2.66. The summed E-state index contributed by atoms with van der Waals surface area (Å²) in [6.07, 6.45) is 2.38. The van der Waals surface area contributed by atoms with Crippen LogP contribution in [-0.4, -0.2) is 34.9 Å². The SMILES string of the molecule is CCO.Cc1cccc([C@@H]2CCc3cc(CC(=O)NCC(C)(C)O)ccc3N2)c1. The number of benzene rings is 2. The monoisotopic (exact) mass is 398 g/mol. The van der Waals surface area contributed by atoms with Crippen molar-refractivity contribution in [3.8, 4) is 0 Å². The lowest BCUT2D eigenvalue weighted by molar-refractivity contribution is -0.121. The van der Waals surface area contributed by atoms with Gasteiger partial charge in [0.1, 0.15) is 0 Å². The Kier molecular flexibility index (Phi) is 8.23. The van der Waals surface area contributed by atoms with Gasteiger partial charge in [0.2, 0.25) is 5.91 Å². The molecule has 4 N–H and O–H groups in total. The number of carbonyl (C=O) groups is 1. The highest BCUT2D eigenvalue weighted by Gasteiger charge is 2.20. The zero-order chi connectivity index (χ0) is 21.4. The second-order valence-corrected chi connectivity index (χ2v) is 8.22. The van der Waals surface area contributed by atoms with E-state index in [-0.39, 0.29) is 19.1 Å². The van der Waals surface area contributed by atoms with E-state index in [9.17, 15) is 9.90 Å². The van der Waals surface area contributed by atoms with Crippen LogP contribution in [0.4, 0.5) is 5.69 Å². The summed E-state index contributed by atoms with van der Waals surface area (Å²) < 4.78 is 0. The third-order valence-corrected chi connectivity index (χ3v) is 4.73. The van der Waals surface area contributed by atoms with E-state index in [1.165, 1.54) is 16.7 Å². The molecule has 2 aromatic rings. The van der Waals surface area contributed by atoms with E-state index in [1.807, 2.05) is 6.07 Å². The first kappa shape index (κ1) is 22.9. The lowest BCUT2D eigenvalue weighted by Gasteiger charge is -2.28. The van der Waals surface area contributed by atoms with Gasteiger partial charge in [-0.1, -0.05) is 42.0 Å². The summed E-state index contributed by atoms with van der Waals surface area (Å²) in [7, 11) is 0. The van der Waals surface area contributed by atoms with Crippen LogP contribution in [0.3, 0.4) is 0 Å². The highest BCUT2D eigenvalue weighted by atomic mass is 16.3. The van der Waals surface area contributed by atoms with Crippen molar-refractivity contribution in [3.05, 3.63) is 64.7 Å². The third kappa shape index (κ3) is 7.52. The zero-order valence-electron chi connectivity index (χ0n) is 18.0. The molecule has 29 heavy (non-hydrogen) atoms. The summed E-state index contributed by atoms with van der Waals surface area (Å²) in [4.78, 5) is 12.1. The number of fused-ring (bicyclic) bond motifs is 1. The Morgan fingerprint density at radius 1 is 1.24 bits per heavy atom. The molecule has 0 aromatic heterocycles. The quantitative estimate of drug-likeness (QED) is 0.621. The van der Waals surface area contributed by atoms with Gasteiger partial charge in [0.25, 0.3) is 0 Å². The molecule has 2 aromatic carbocycles. The van der Waals surface area contributed by atoms with Gasteiger partial charge in [-0.2, -0.15) is 0 Å². The molecule has 5 heteroatoms. The van der Waals surface area contributed by atoms with Crippen LogP contribution >= 0.6 is 0 Å². The van der Waals surface area contributed by atoms with Crippen LogP contribution < -0.4 is 10.6 Å². The lowest BCUT2D eigenvalue weighted by atomic mass is 9.91. The number of hydrogen-bond donors (Lipinski definition) is 4. The van der Waals surface area contributed by atoms with Gasteiger partial charge in [-0.3, -0.25) is 4.79 Å². The maximum absolute atomic E-state index is 12.1. The van der Waals surface area contributed by atoms with Crippen LogP contribution in [0.25, 0.3) is 0 Å². The molecule has 1 heterocycles. The fourth-order valence-corrected chi connectivity index (χ4v) is 3.36. The van der Waals surface area contributed by atoms with Crippen LogP contribution in [0.5, 0.6) is 0 Å². The number of nitrogens with one attached hydrogen (secondary N) is 2. The van der Waals surface area contributed by atoms with Gasteiger partial charge in [-0.15, -0.1) is 0 Å².